The number of hydrogen-bond donors (Lipinski definition) is 2. The Hall–Kier alpha value is -3.48. The van der Waals surface area contributed by atoms with Gasteiger partial charge in [-0.15, -0.1) is 0 Å². The first kappa shape index (κ1) is 23.7. The Morgan fingerprint density at radius 3 is 2.44 bits per heavy atom. The summed E-state index contributed by atoms with van der Waals surface area (Å²) in [5.41, 5.74) is 4.45. The summed E-state index contributed by atoms with van der Waals surface area (Å²) in [6, 6.07) is 22.5. The van der Waals surface area contributed by atoms with Gasteiger partial charge in [0.05, 0.1) is 6.54 Å². The van der Waals surface area contributed by atoms with Gasteiger partial charge in [0.15, 0.2) is 0 Å². The molecule has 1 aromatic heterocycles. The summed E-state index contributed by atoms with van der Waals surface area (Å²) in [5, 5.41) is 7.50. The van der Waals surface area contributed by atoms with Crippen LogP contribution in [0, 0.1) is 0 Å². The number of rotatable bonds is 7. The molecule has 2 amide bonds. The van der Waals surface area contributed by atoms with Gasteiger partial charge in [0.2, 0.25) is 5.91 Å². The zero-order chi connectivity index (χ0) is 24.1. The number of carbonyl (C=O) groups excluding carboxylic acids is 2. The molecule has 8 heteroatoms. The van der Waals surface area contributed by atoms with Crippen LogP contribution < -0.4 is 10.6 Å². The Balaban J connectivity index is 1.45. The number of nitrogens with one attached hydrogen (secondary N) is 2. The second kappa shape index (κ2) is 10.6. The van der Waals surface area contributed by atoms with E-state index in [-0.39, 0.29) is 25.6 Å². The molecule has 0 atom stereocenters. The van der Waals surface area contributed by atoms with Crippen LogP contribution in [0.4, 0.5) is 4.79 Å². The molecule has 0 radical (unpaired) electrons. The van der Waals surface area contributed by atoms with E-state index < -0.39 is 6.09 Å². The number of halogens is 2. The highest BCUT2D eigenvalue weighted by Crippen LogP contribution is 2.39. The molecule has 1 heterocycles. The largest absolute Gasteiger partial charge is 0.445 e. The van der Waals surface area contributed by atoms with Crippen molar-refractivity contribution in [3.63, 3.8) is 0 Å². The lowest BCUT2D eigenvalue weighted by Gasteiger charge is -2.12. The van der Waals surface area contributed by atoms with Crippen LogP contribution in [0.15, 0.2) is 72.8 Å². The zero-order valence-corrected chi connectivity index (χ0v) is 20.0. The maximum atomic E-state index is 12.5. The summed E-state index contributed by atoms with van der Waals surface area (Å²) >= 11 is 12.8. The van der Waals surface area contributed by atoms with Gasteiger partial charge >= 0.3 is 6.09 Å². The second-order valence-corrected chi connectivity index (χ2v) is 8.56. The minimum atomic E-state index is -0.657. The van der Waals surface area contributed by atoms with E-state index in [1.807, 2.05) is 84.4 Å². The third-order valence-corrected chi connectivity index (χ3v) is 6.05. The molecular formula is C26H23Cl2N3O3. The predicted octanol–water partition coefficient (Wildman–Crippen LogP) is 5.69. The Bertz CT molecular complexity index is 1340. The lowest BCUT2D eigenvalue weighted by atomic mass is 10.0. The number of fused-ring (bicyclic) bond motifs is 1. The van der Waals surface area contributed by atoms with Crippen molar-refractivity contribution in [2.24, 2.45) is 7.05 Å². The number of benzene rings is 3. The standard InChI is InChI=1S/C26H23Cl2N3O3/c1-31-22-12-11-18(27)13-20(22)25(19-9-5-6-10-21(19)28)23(31)14-29-24(32)15-30-26(33)34-16-17-7-3-2-4-8-17/h2-13H,14-16H2,1H3,(H,29,32)(H,30,33). The van der Waals surface area contributed by atoms with E-state index in [0.717, 1.165) is 33.3 Å². The van der Waals surface area contributed by atoms with E-state index in [9.17, 15) is 9.59 Å². The molecule has 3 aromatic carbocycles. The molecule has 0 bridgehead atoms. The normalized spacial score (nSPS) is 10.8. The van der Waals surface area contributed by atoms with Gasteiger partial charge in [0, 0.05) is 44.8 Å². The first-order chi connectivity index (χ1) is 16.4. The van der Waals surface area contributed by atoms with Gasteiger partial charge in [0.25, 0.3) is 0 Å². The number of nitrogens with zero attached hydrogens (tertiary/aromatic N) is 1. The zero-order valence-electron chi connectivity index (χ0n) is 18.5. The number of hydrogen-bond acceptors (Lipinski definition) is 3. The van der Waals surface area contributed by atoms with Crippen LogP contribution in [0.1, 0.15) is 11.3 Å². The maximum absolute atomic E-state index is 12.5. The molecule has 0 saturated heterocycles. The van der Waals surface area contributed by atoms with Gasteiger partial charge in [-0.25, -0.2) is 4.79 Å². The fourth-order valence-corrected chi connectivity index (χ4v) is 4.21. The number of carbonyl (C=O) groups is 2. The van der Waals surface area contributed by atoms with Gasteiger partial charge in [0.1, 0.15) is 13.2 Å². The first-order valence-corrected chi connectivity index (χ1v) is 11.4. The number of ether oxygens (including phenoxy) is 1. The van der Waals surface area contributed by atoms with Crippen LogP contribution in [0.5, 0.6) is 0 Å². The van der Waals surface area contributed by atoms with Crippen molar-refractivity contribution < 1.29 is 14.3 Å². The SMILES string of the molecule is Cn1c(CNC(=O)CNC(=O)OCc2ccccc2)c(-c2ccccc2Cl)c2cc(Cl)ccc21. The van der Waals surface area contributed by atoms with Crippen LogP contribution in [0.2, 0.25) is 10.0 Å². The maximum Gasteiger partial charge on any atom is 0.407 e. The lowest BCUT2D eigenvalue weighted by molar-refractivity contribution is -0.120. The lowest BCUT2D eigenvalue weighted by Crippen LogP contribution is -2.37. The van der Waals surface area contributed by atoms with Crippen LogP contribution in [-0.2, 0) is 29.7 Å². The average Bonchev–Trinajstić information content (AvgIpc) is 3.11. The number of amides is 2. The molecule has 0 spiro atoms. The third kappa shape index (κ3) is 5.35. The van der Waals surface area contributed by atoms with Gasteiger partial charge in [-0.1, -0.05) is 71.7 Å². The van der Waals surface area contributed by atoms with E-state index in [2.05, 4.69) is 10.6 Å². The van der Waals surface area contributed by atoms with Gasteiger partial charge in [-0.2, -0.15) is 0 Å². The average molecular weight is 496 g/mol. The van der Waals surface area contributed by atoms with E-state index in [1.54, 1.807) is 0 Å². The highest BCUT2D eigenvalue weighted by Gasteiger charge is 2.19. The van der Waals surface area contributed by atoms with Crippen molar-refractivity contribution in [2.75, 3.05) is 6.54 Å². The van der Waals surface area contributed by atoms with Crippen molar-refractivity contribution in [3.05, 3.63) is 94.1 Å². The molecule has 34 heavy (non-hydrogen) atoms. The Morgan fingerprint density at radius 1 is 0.941 bits per heavy atom. The van der Waals surface area contributed by atoms with Crippen LogP contribution in [0.3, 0.4) is 0 Å². The molecule has 2 N–H and O–H groups in total. The van der Waals surface area contributed by atoms with Crippen molar-refractivity contribution in [3.8, 4) is 11.1 Å². The summed E-state index contributed by atoms with van der Waals surface area (Å²) in [6.45, 7) is 0.168. The Labute approximate surface area is 207 Å². The molecule has 0 unspecified atom stereocenters. The summed E-state index contributed by atoms with van der Waals surface area (Å²) < 4.78 is 7.15. The summed E-state index contributed by atoms with van der Waals surface area (Å²) in [7, 11) is 1.93. The minimum Gasteiger partial charge on any atom is -0.445 e. The molecular weight excluding hydrogens is 473 g/mol. The van der Waals surface area contributed by atoms with E-state index in [0.29, 0.717) is 10.0 Å². The van der Waals surface area contributed by atoms with Crippen molar-refractivity contribution in [1.29, 1.82) is 0 Å². The number of aromatic nitrogens is 1. The molecule has 4 rings (SSSR count). The van der Waals surface area contributed by atoms with Crippen LogP contribution >= 0.6 is 23.2 Å². The third-order valence-electron chi connectivity index (χ3n) is 5.48. The van der Waals surface area contributed by atoms with E-state index in [1.165, 1.54) is 0 Å². The fourth-order valence-electron chi connectivity index (χ4n) is 3.81. The molecule has 0 aliphatic carbocycles. The Morgan fingerprint density at radius 2 is 1.68 bits per heavy atom. The van der Waals surface area contributed by atoms with Crippen molar-refractivity contribution in [1.82, 2.24) is 15.2 Å². The van der Waals surface area contributed by atoms with Crippen LogP contribution in [-0.4, -0.2) is 23.1 Å². The van der Waals surface area contributed by atoms with E-state index >= 15 is 0 Å². The van der Waals surface area contributed by atoms with Crippen LogP contribution in [0.25, 0.3) is 22.0 Å². The topological polar surface area (TPSA) is 72.4 Å². The molecule has 4 aromatic rings. The molecule has 0 saturated carbocycles. The summed E-state index contributed by atoms with van der Waals surface area (Å²) in [6.07, 6.45) is -0.657. The minimum absolute atomic E-state index is 0.133. The summed E-state index contributed by atoms with van der Waals surface area (Å²) in [4.78, 5) is 24.4. The molecule has 0 aliphatic heterocycles. The monoisotopic (exact) mass is 495 g/mol. The first-order valence-electron chi connectivity index (χ1n) is 10.7. The van der Waals surface area contributed by atoms with Crippen molar-refractivity contribution >= 4 is 46.1 Å². The van der Waals surface area contributed by atoms with E-state index in [4.69, 9.17) is 27.9 Å². The smallest absolute Gasteiger partial charge is 0.407 e. The quantitative estimate of drug-likeness (QED) is 0.345. The number of aryl methyl sites for hydroxylation is 1. The van der Waals surface area contributed by atoms with Gasteiger partial charge in [-0.3, -0.25) is 4.79 Å². The highest BCUT2D eigenvalue weighted by molar-refractivity contribution is 6.34. The number of alkyl carbamates (subject to hydrolysis) is 1. The fraction of sp³-hybridized carbons (Fsp3) is 0.154. The molecule has 174 valence electrons. The second-order valence-electron chi connectivity index (χ2n) is 7.71. The molecule has 0 aliphatic rings. The Kier molecular flexibility index (Phi) is 7.40. The predicted molar refractivity (Wildman–Crippen MR) is 135 cm³/mol. The van der Waals surface area contributed by atoms with Crippen molar-refractivity contribution in [2.45, 2.75) is 13.2 Å². The van der Waals surface area contributed by atoms with Gasteiger partial charge in [-0.05, 0) is 29.8 Å². The summed E-state index contributed by atoms with van der Waals surface area (Å²) in [5.74, 6) is -0.343. The highest BCUT2D eigenvalue weighted by atomic mass is 35.5. The van der Waals surface area contributed by atoms with Gasteiger partial charge < -0.3 is 19.9 Å². The molecule has 6 nitrogen and oxygen atoms in total. The molecule has 0 fully saturated rings.